The smallest absolute Gasteiger partial charge is 0.114 e. The summed E-state index contributed by atoms with van der Waals surface area (Å²) < 4.78 is 5.71. The maximum atomic E-state index is 5.71. The van der Waals surface area contributed by atoms with Gasteiger partial charge in [0.2, 0.25) is 0 Å². The van der Waals surface area contributed by atoms with E-state index in [-0.39, 0.29) is 6.10 Å². The summed E-state index contributed by atoms with van der Waals surface area (Å²) in [5.41, 5.74) is 2.27. The third kappa shape index (κ3) is 1.79. The number of aromatic nitrogens is 2. The highest BCUT2D eigenvalue weighted by Gasteiger charge is 2.29. The van der Waals surface area contributed by atoms with Crippen LogP contribution in [0, 0.1) is 6.92 Å². The molecule has 2 aliphatic rings. The Morgan fingerprint density at radius 2 is 2.27 bits per heavy atom. The van der Waals surface area contributed by atoms with Gasteiger partial charge in [-0.1, -0.05) is 0 Å². The Morgan fingerprint density at radius 1 is 1.40 bits per heavy atom. The minimum atomic E-state index is 0.141. The van der Waals surface area contributed by atoms with E-state index in [1.54, 1.807) is 0 Å². The Kier molecular flexibility index (Phi) is 2.25. The third-order valence-corrected chi connectivity index (χ3v) is 3.14. The van der Waals surface area contributed by atoms with Crippen LogP contribution >= 0.6 is 0 Å². The number of hydrogen-bond acceptors (Lipinski definition) is 3. The molecular formula is C11H17N3O. The summed E-state index contributed by atoms with van der Waals surface area (Å²) in [6.45, 7) is 4.72. The normalized spacial score (nSPS) is 26.9. The molecule has 1 saturated heterocycles. The van der Waals surface area contributed by atoms with E-state index in [1.807, 2.05) is 0 Å². The van der Waals surface area contributed by atoms with E-state index >= 15 is 0 Å². The largest absolute Gasteiger partial charge is 0.369 e. The molecule has 3 rings (SSSR count). The van der Waals surface area contributed by atoms with Gasteiger partial charge in [-0.2, -0.15) is 0 Å². The molecule has 82 valence electrons. The molecule has 0 bridgehead atoms. The first-order valence-corrected chi connectivity index (χ1v) is 5.73. The fourth-order valence-electron chi connectivity index (χ4n) is 2.10. The van der Waals surface area contributed by atoms with Crippen LogP contribution in [0.5, 0.6) is 0 Å². The lowest BCUT2D eigenvalue weighted by Gasteiger charge is -2.22. The molecule has 4 nitrogen and oxygen atoms in total. The SMILES string of the molecule is Cc1[nH]c(C2CC2)nc1C1CNCCO1. The highest BCUT2D eigenvalue weighted by molar-refractivity contribution is 5.20. The first kappa shape index (κ1) is 9.36. The molecule has 2 N–H and O–H groups in total. The second-order valence-electron chi connectivity index (χ2n) is 4.47. The number of hydrogen-bond donors (Lipinski definition) is 2. The molecule has 1 aliphatic heterocycles. The molecule has 1 saturated carbocycles. The van der Waals surface area contributed by atoms with Gasteiger partial charge in [0.15, 0.2) is 0 Å². The van der Waals surface area contributed by atoms with Gasteiger partial charge in [0.25, 0.3) is 0 Å². The highest BCUT2D eigenvalue weighted by Crippen LogP contribution is 2.39. The average Bonchev–Trinajstić information content (AvgIpc) is 3.04. The lowest BCUT2D eigenvalue weighted by Crippen LogP contribution is -2.33. The fourth-order valence-corrected chi connectivity index (χ4v) is 2.10. The Balaban J connectivity index is 1.82. The molecule has 2 heterocycles. The van der Waals surface area contributed by atoms with Crippen molar-refractivity contribution in [2.75, 3.05) is 19.7 Å². The Bertz CT molecular complexity index is 351. The molecule has 1 atom stereocenters. The first-order chi connectivity index (χ1) is 7.34. The Hall–Kier alpha value is -0.870. The summed E-state index contributed by atoms with van der Waals surface area (Å²) in [5, 5.41) is 3.34. The summed E-state index contributed by atoms with van der Waals surface area (Å²) in [5.74, 6) is 1.85. The van der Waals surface area contributed by atoms with Crippen molar-refractivity contribution in [1.82, 2.24) is 15.3 Å². The van der Waals surface area contributed by atoms with Crippen LogP contribution in [-0.2, 0) is 4.74 Å². The zero-order valence-corrected chi connectivity index (χ0v) is 9.05. The summed E-state index contributed by atoms with van der Waals surface area (Å²) >= 11 is 0. The van der Waals surface area contributed by atoms with Gasteiger partial charge in [-0.15, -0.1) is 0 Å². The molecule has 1 aliphatic carbocycles. The van der Waals surface area contributed by atoms with Crippen LogP contribution in [0.3, 0.4) is 0 Å². The van der Waals surface area contributed by atoms with Gasteiger partial charge in [0, 0.05) is 24.7 Å². The summed E-state index contributed by atoms with van der Waals surface area (Å²) in [6, 6.07) is 0. The molecule has 4 heteroatoms. The molecule has 2 fully saturated rings. The standard InChI is InChI=1S/C11H17N3O/c1-7-10(9-6-12-4-5-15-9)14-11(13-7)8-2-3-8/h8-9,12H,2-6H2,1H3,(H,13,14). The number of H-pyrrole nitrogens is 1. The first-order valence-electron chi connectivity index (χ1n) is 5.73. The predicted molar refractivity (Wildman–Crippen MR) is 56.9 cm³/mol. The van der Waals surface area contributed by atoms with Crippen LogP contribution in [0.25, 0.3) is 0 Å². The number of rotatable bonds is 2. The van der Waals surface area contributed by atoms with Crippen molar-refractivity contribution < 1.29 is 4.74 Å². The van der Waals surface area contributed by atoms with E-state index in [9.17, 15) is 0 Å². The van der Waals surface area contributed by atoms with Crippen LogP contribution in [-0.4, -0.2) is 29.7 Å². The maximum Gasteiger partial charge on any atom is 0.114 e. The Labute approximate surface area is 89.4 Å². The molecule has 1 aromatic heterocycles. The molecule has 1 aromatic rings. The van der Waals surface area contributed by atoms with Gasteiger partial charge >= 0.3 is 0 Å². The van der Waals surface area contributed by atoms with Crippen LogP contribution in [0.4, 0.5) is 0 Å². The number of morpholine rings is 1. The van der Waals surface area contributed by atoms with Gasteiger partial charge in [-0.25, -0.2) is 4.98 Å². The molecule has 0 aromatic carbocycles. The summed E-state index contributed by atoms with van der Waals surface area (Å²) in [7, 11) is 0. The van der Waals surface area contributed by atoms with Crippen molar-refractivity contribution in [3.8, 4) is 0 Å². The van der Waals surface area contributed by atoms with Crippen molar-refractivity contribution in [3.63, 3.8) is 0 Å². The van der Waals surface area contributed by atoms with Gasteiger partial charge < -0.3 is 15.0 Å². The third-order valence-electron chi connectivity index (χ3n) is 3.14. The number of nitrogens with one attached hydrogen (secondary N) is 2. The van der Waals surface area contributed by atoms with Crippen LogP contribution in [0.15, 0.2) is 0 Å². The minimum Gasteiger partial charge on any atom is -0.369 e. The lowest BCUT2D eigenvalue weighted by atomic mass is 10.2. The quantitative estimate of drug-likeness (QED) is 0.767. The van der Waals surface area contributed by atoms with Crippen molar-refractivity contribution in [2.45, 2.75) is 31.8 Å². The van der Waals surface area contributed by atoms with Crippen LogP contribution in [0.1, 0.15) is 42.1 Å². The van der Waals surface area contributed by atoms with E-state index in [1.165, 1.54) is 18.5 Å². The second-order valence-corrected chi connectivity index (χ2v) is 4.47. The van der Waals surface area contributed by atoms with Crippen LogP contribution < -0.4 is 5.32 Å². The number of ether oxygens (including phenoxy) is 1. The number of aryl methyl sites for hydroxylation is 1. The van der Waals surface area contributed by atoms with Crippen molar-refractivity contribution in [2.24, 2.45) is 0 Å². The van der Waals surface area contributed by atoms with Crippen molar-refractivity contribution >= 4 is 0 Å². The second kappa shape index (κ2) is 3.61. The van der Waals surface area contributed by atoms with Gasteiger partial charge in [0.05, 0.1) is 12.3 Å². The van der Waals surface area contributed by atoms with E-state index in [2.05, 4.69) is 22.2 Å². The minimum absolute atomic E-state index is 0.141. The van der Waals surface area contributed by atoms with Gasteiger partial charge in [-0.05, 0) is 19.8 Å². The average molecular weight is 207 g/mol. The molecule has 0 spiro atoms. The summed E-state index contributed by atoms with van der Waals surface area (Å²) in [4.78, 5) is 8.06. The molecule has 15 heavy (non-hydrogen) atoms. The molecule has 0 radical (unpaired) electrons. The van der Waals surface area contributed by atoms with E-state index in [4.69, 9.17) is 4.74 Å². The predicted octanol–water partition coefficient (Wildman–Crippen LogP) is 1.26. The van der Waals surface area contributed by atoms with E-state index < -0.39 is 0 Å². The maximum absolute atomic E-state index is 5.71. The highest BCUT2D eigenvalue weighted by atomic mass is 16.5. The van der Waals surface area contributed by atoms with Gasteiger partial charge in [-0.3, -0.25) is 0 Å². The summed E-state index contributed by atoms with van der Waals surface area (Å²) in [6.07, 6.45) is 2.72. The van der Waals surface area contributed by atoms with Crippen molar-refractivity contribution in [1.29, 1.82) is 0 Å². The van der Waals surface area contributed by atoms with Crippen molar-refractivity contribution in [3.05, 3.63) is 17.2 Å². The number of aromatic amines is 1. The molecular weight excluding hydrogens is 190 g/mol. The topological polar surface area (TPSA) is 49.9 Å². The zero-order chi connectivity index (χ0) is 10.3. The zero-order valence-electron chi connectivity index (χ0n) is 9.05. The Morgan fingerprint density at radius 3 is 2.93 bits per heavy atom. The van der Waals surface area contributed by atoms with E-state index in [0.29, 0.717) is 5.92 Å². The van der Waals surface area contributed by atoms with Gasteiger partial charge in [0.1, 0.15) is 11.9 Å². The number of imidazole rings is 1. The molecule has 1 unspecified atom stereocenters. The lowest BCUT2D eigenvalue weighted by molar-refractivity contribution is 0.0248. The van der Waals surface area contributed by atoms with E-state index in [0.717, 1.165) is 31.2 Å². The molecule has 0 amide bonds. The monoisotopic (exact) mass is 207 g/mol. The fraction of sp³-hybridized carbons (Fsp3) is 0.727. The number of nitrogens with zero attached hydrogens (tertiary/aromatic N) is 1. The van der Waals surface area contributed by atoms with Crippen LogP contribution in [0.2, 0.25) is 0 Å².